The molecule has 1 aliphatic rings. The average Bonchev–Trinajstić information content (AvgIpc) is 3.22. The molecule has 4 rings (SSSR count). The molecule has 142 valence electrons. The van der Waals surface area contributed by atoms with Gasteiger partial charge in [0.15, 0.2) is 17.4 Å². The first-order valence-electron chi connectivity index (χ1n) is 8.33. The minimum atomic E-state index is -1.03. The van der Waals surface area contributed by atoms with Crippen molar-refractivity contribution in [1.29, 1.82) is 0 Å². The van der Waals surface area contributed by atoms with E-state index >= 15 is 0 Å². The second-order valence-corrected chi connectivity index (χ2v) is 7.22. The first kappa shape index (κ1) is 18.5. The Bertz CT molecular complexity index is 1160. The van der Waals surface area contributed by atoms with Gasteiger partial charge in [-0.25, -0.2) is 9.78 Å². The maximum Gasteiger partial charge on any atom is 0.359 e. The highest BCUT2D eigenvalue weighted by atomic mass is 35.5. The van der Waals surface area contributed by atoms with Crippen LogP contribution in [0.25, 0.3) is 5.65 Å². The number of aromatic nitrogens is 2. The van der Waals surface area contributed by atoms with Gasteiger partial charge in [0.2, 0.25) is 11.7 Å². The summed E-state index contributed by atoms with van der Waals surface area (Å²) in [6.07, 6.45) is 2.18. The quantitative estimate of drug-likeness (QED) is 0.517. The molecule has 28 heavy (non-hydrogen) atoms. The number of fused-ring (bicyclic) bond motifs is 2. The van der Waals surface area contributed by atoms with Crippen LogP contribution < -0.4 is 5.32 Å². The summed E-state index contributed by atoms with van der Waals surface area (Å²) in [5.41, 5.74) is 2.15. The van der Waals surface area contributed by atoms with E-state index in [1.807, 2.05) is 0 Å². The van der Waals surface area contributed by atoms with Crippen molar-refractivity contribution < 1.29 is 19.1 Å². The predicted octanol–water partition coefficient (Wildman–Crippen LogP) is 3.56. The number of anilines is 1. The molecule has 0 aliphatic carbocycles. The number of pyridine rings is 1. The van der Waals surface area contributed by atoms with Crippen LogP contribution in [0, 0.1) is 0 Å². The number of carbonyl (C=O) groups excluding carboxylic acids is 3. The molecular weight excluding hydrogens is 405 g/mol. The van der Waals surface area contributed by atoms with E-state index in [9.17, 15) is 14.4 Å². The zero-order valence-corrected chi connectivity index (χ0v) is 16.0. The number of imidazole rings is 1. The predicted molar refractivity (Wildman–Crippen MR) is 103 cm³/mol. The summed E-state index contributed by atoms with van der Waals surface area (Å²) in [6.45, 7) is 1.48. The van der Waals surface area contributed by atoms with Crippen molar-refractivity contribution in [2.45, 2.75) is 19.4 Å². The van der Waals surface area contributed by atoms with E-state index in [-0.39, 0.29) is 28.8 Å². The van der Waals surface area contributed by atoms with Crippen molar-refractivity contribution in [3.8, 4) is 0 Å². The molecular formula is C19H13Cl2N3O4. The molecule has 1 N–H and O–H groups in total. The van der Waals surface area contributed by atoms with Gasteiger partial charge in [-0.2, -0.15) is 0 Å². The fraction of sp³-hybridized carbons (Fsp3) is 0.158. The van der Waals surface area contributed by atoms with Crippen molar-refractivity contribution in [1.82, 2.24) is 9.38 Å². The van der Waals surface area contributed by atoms with E-state index in [0.29, 0.717) is 21.9 Å². The summed E-state index contributed by atoms with van der Waals surface area (Å²) in [5.74, 6) is -1.25. The van der Waals surface area contributed by atoms with Crippen LogP contribution in [0.5, 0.6) is 0 Å². The van der Waals surface area contributed by atoms with Crippen molar-refractivity contribution in [3.05, 3.63) is 63.5 Å². The lowest BCUT2D eigenvalue weighted by molar-refractivity contribution is -0.115. The first-order chi connectivity index (χ1) is 13.3. The zero-order valence-electron chi connectivity index (χ0n) is 14.5. The Kier molecular flexibility index (Phi) is 4.56. The van der Waals surface area contributed by atoms with E-state index < -0.39 is 12.1 Å². The third-order valence-corrected chi connectivity index (χ3v) is 4.83. The van der Waals surface area contributed by atoms with Crippen molar-refractivity contribution in [2.24, 2.45) is 0 Å². The molecule has 1 atom stereocenters. The summed E-state index contributed by atoms with van der Waals surface area (Å²) in [7, 11) is 0. The summed E-state index contributed by atoms with van der Waals surface area (Å²) in [5, 5.41) is 3.38. The number of ketones is 1. The first-order valence-corrected chi connectivity index (χ1v) is 9.09. The number of halogens is 2. The Hall–Kier alpha value is -2.90. The van der Waals surface area contributed by atoms with Crippen LogP contribution in [-0.2, 0) is 16.0 Å². The number of hydrogen-bond donors (Lipinski definition) is 1. The Balaban J connectivity index is 1.52. The third-order valence-electron chi connectivity index (χ3n) is 4.35. The molecule has 9 heteroatoms. The Labute approximate surface area is 169 Å². The molecule has 2 aromatic heterocycles. The van der Waals surface area contributed by atoms with Gasteiger partial charge < -0.3 is 14.5 Å². The number of rotatable bonds is 4. The molecule has 3 aromatic rings. The molecule has 0 spiro atoms. The Morgan fingerprint density at radius 3 is 2.82 bits per heavy atom. The van der Waals surface area contributed by atoms with Gasteiger partial charge in [-0.15, -0.1) is 0 Å². The molecule has 1 aliphatic heterocycles. The lowest BCUT2D eigenvalue weighted by Gasteiger charge is -2.12. The molecule has 1 aromatic carbocycles. The van der Waals surface area contributed by atoms with Crippen molar-refractivity contribution >= 4 is 52.2 Å². The molecule has 1 unspecified atom stereocenters. The smallest absolute Gasteiger partial charge is 0.359 e. The van der Waals surface area contributed by atoms with Gasteiger partial charge in [0, 0.05) is 23.6 Å². The van der Waals surface area contributed by atoms with Crippen LogP contribution in [0.2, 0.25) is 10.0 Å². The highest BCUT2D eigenvalue weighted by Crippen LogP contribution is 2.25. The highest BCUT2D eigenvalue weighted by molar-refractivity contribution is 6.36. The van der Waals surface area contributed by atoms with Gasteiger partial charge >= 0.3 is 5.97 Å². The Morgan fingerprint density at radius 1 is 1.25 bits per heavy atom. The number of carbonyl (C=O) groups is 3. The van der Waals surface area contributed by atoms with Crippen LogP contribution >= 0.6 is 23.2 Å². The molecule has 1 amide bonds. The minimum Gasteiger partial charge on any atom is -0.449 e. The largest absolute Gasteiger partial charge is 0.449 e. The van der Waals surface area contributed by atoms with Gasteiger partial charge in [-0.3, -0.25) is 9.59 Å². The van der Waals surface area contributed by atoms with E-state index in [1.54, 1.807) is 24.4 Å². The third kappa shape index (κ3) is 3.34. The lowest BCUT2D eigenvalue weighted by Crippen LogP contribution is -2.24. The molecule has 0 radical (unpaired) electrons. The van der Waals surface area contributed by atoms with E-state index in [2.05, 4.69) is 10.3 Å². The molecule has 3 heterocycles. The number of nitrogens with one attached hydrogen (secondary N) is 1. The summed E-state index contributed by atoms with van der Waals surface area (Å²) in [6, 6.07) is 6.40. The van der Waals surface area contributed by atoms with Crippen LogP contribution in [0.15, 0.2) is 36.7 Å². The number of ether oxygens (including phenoxy) is 1. The van der Waals surface area contributed by atoms with Crippen LogP contribution in [0.4, 0.5) is 5.69 Å². The molecule has 0 fully saturated rings. The van der Waals surface area contributed by atoms with Crippen molar-refractivity contribution in [2.75, 3.05) is 5.32 Å². The number of Topliss-reactive ketones (excluding diaryl/α,β-unsaturated/α-hetero) is 1. The normalized spacial score (nSPS) is 13.9. The zero-order chi connectivity index (χ0) is 20.0. The second-order valence-electron chi connectivity index (χ2n) is 6.37. The van der Waals surface area contributed by atoms with E-state index in [1.165, 1.54) is 23.6 Å². The summed E-state index contributed by atoms with van der Waals surface area (Å²) < 4.78 is 6.78. The van der Waals surface area contributed by atoms with Crippen LogP contribution in [0.1, 0.15) is 33.3 Å². The fourth-order valence-corrected chi connectivity index (χ4v) is 3.54. The van der Waals surface area contributed by atoms with Gasteiger partial charge in [0.1, 0.15) is 0 Å². The number of esters is 1. The monoisotopic (exact) mass is 417 g/mol. The summed E-state index contributed by atoms with van der Waals surface area (Å²) in [4.78, 5) is 40.6. The van der Waals surface area contributed by atoms with Crippen LogP contribution in [0.3, 0.4) is 0 Å². The van der Waals surface area contributed by atoms with Gasteiger partial charge in [-0.05, 0) is 36.8 Å². The maximum atomic E-state index is 12.6. The molecule has 7 nitrogen and oxygen atoms in total. The lowest BCUT2D eigenvalue weighted by atomic mass is 10.0. The number of hydrogen-bond acceptors (Lipinski definition) is 5. The number of amides is 1. The van der Waals surface area contributed by atoms with E-state index in [4.69, 9.17) is 27.9 Å². The fourth-order valence-electron chi connectivity index (χ4n) is 3.01. The van der Waals surface area contributed by atoms with Crippen LogP contribution in [-0.4, -0.2) is 33.1 Å². The topological polar surface area (TPSA) is 89.8 Å². The van der Waals surface area contributed by atoms with Gasteiger partial charge in [0.25, 0.3) is 0 Å². The maximum absolute atomic E-state index is 12.6. The summed E-state index contributed by atoms with van der Waals surface area (Å²) >= 11 is 12.0. The van der Waals surface area contributed by atoms with Gasteiger partial charge in [-0.1, -0.05) is 23.2 Å². The number of benzene rings is 1. The molecule has 0 saturated carbocycles. The van der Waals surface area contributed by atoms with Crippen molar-refractivity contribution in [3.63, 3.8) is 0 Å². The average molecular weight is 418 g/mol. The second kappa shape index (κ2) is 6.92. The minimum absolute atomic E-state index is 0.00701. The van der Waals surface area contributed by atoms with Gasteiger partial charge in [0.05, 0.1) is 16.5 Å². The standard InChI is InChI=1S/C19H13Cl2N3O4/c1-9(17(26)10-2-3-14-11(4-10)5-16(25)22-14)28-19(27)15-8-24-7-12(20)6-13(21)18(24)23-15/h2-4,6-9H,5H2,1H3,(H,22,25). The van der Waals surface area contributed by atoms with E-state index in [0.717, 1.165) is 5.56 Å². The Morgan fingerprint density at radius 2 is 2.04 bits per heavy atom. The molecule has 0 bridgehead atoms. The molecule has 0 saturated heterocycles. The SMILES string of the molecule is CC(OC(=O)c1cn2cc(Cl)cc(Cl)c2n1)C(=O)c1ccc2c(c1)CC(=O)N2. The number of nitrogens with zero attached hydrogens (tertiary/aromatic N) is 2. The highest BCUT2D eigenvalue weighted by Gasteiger charge is 2.25.